The van der Waals surface area contributed by atoms with Gasteiger partial charge in [-0.3, -0.25) is 0 Å². The first kappa shape index (κ1) is 20.1. The minimum Gasteiger partial charge on any atom is -0.463 e. The molecule has 0 aromatic heterocycles. The molecule has 124 valence electrons. The van der Waals surface area contributed by atoms with Crippen molar-refractivity contribution in [2.75, 3.05) is 13.2 Å². The second kappa shape index (κ2) is 9.20. The first-order valence-corrected chi connectivity index (χ1v) is 11.0. The van der Waals surface area contributed by atoms with Gasteiger partial charge in [-0.15, -0.1) is 0 Å². The highest BCUT2D eigenvalue weighted by Gasteiger charge is 2.52. The maximum absolute atomic E-state index is 12.3. The molecule has 0 aromatic carbocycles. The highest BCUT2D eigenvalue weighted by atomic mass is 28.4. The third-order valence-electron chi connectivity index (χ3n) is 3.29. The molecular weight excluding hydrogens is 288 g/mol. The van der Waals surface area contributed by atoms with Crippen molar-refractivity contribution in [3.05, 3.63) is 0 Å². The number of rotatable bonds is 10. The van der Waals surface area contributed by atoms with Crippen LogP contribution in [-0.2, 0) is 23.5 Å². The number of hydrogen-bond donors (Lipinski definition) is 0. The molecule has 0 aliphatic rings. The lowest BCUT2D eigenvalue weighted by molar-refractivity contribution is -0.181. The number of carbonyl (C=O) groups excluding carboxylic acids is 2. The summed E-state index contributed by atoms with van der Waals surface area (Å²) in [6.45, 7) is 11.7. The van der Waals surface area contributed by atoms with Crippen molar-refractivity contribution in [3.8, 4) is 0 Å². The molecule has 0 bridgehead atoms. The Bertz CT molecular complexity index is 323. The van der Waals surface area contributed by atoms with Crippen LogP contribution in [0.4, 0.5) is 0 Å². The van der Waals surface area contributed by atoms with E-state index >= 15 is 0 Å². The van der Waals surface area contributed by atoms with Crippen LogP contribution in [0.3, 0.4) is 0 Å². The molecule has 6 heteroatoms. The SMILES string of the molecule is CCCC[Si](C)(C)OC(CC)(C(=O)OCC)C(=O)OCC. The van der Waals surface area contributed by atoms with Crippen LogP contribution in [-0.4, -0.2) is 39.1 Å². The van der Waals surface area contributed by atoms with Crippen LogP contribution in [0.25, 0.3) is 0 Å². The van der Waals surface area contributed by atoms with Gasteiger partial charge in [-0.1, -0.05) is 26.7 Å². The van der Waals surface area contributed by atoms with Crippen molar-refractivity contribution in [2.45, 2.75) is 71.7 Å². The summed E-state index contributed by atoms with van der Waals surface area (Å²) in [5, 5.41) is 0. The molecule has 0 aliphatic heterocycles. The van der Waals surface area contributed by atoms with Crippen LogP contribution in [0.15, 0.2) is 0 Å². The van der Waals surface area contributed by atoms with Crippen molar-refractivity contribution < 1.29 is 23.5 Å². The first-order chi connectivity index (χ1) is 9.79. The van der Waals surface area contributed by atoms with E-state index in [1.807, 2.05) is 13.1 Å². The van der Waals surface area contributed by atoms with Gasteiger partial charge in [-0.2, -0.15) is 0 Å². The van der Waals surface area contributed by atoms with Crippen LogP contribution in [0, 0.1) is 0 Å². The minimum absolute atomic E-state index is 0.209. The van der Waals surface area contributed by atoms with Gasteiger partial charge in [0.25, 0.3) is 5.60 Å². The van der Waals surface area contributed by atoms with E-state index in [9.17, 15) is 9.59 Å². The summed E-state index contributed by atoms with van der Waals surface area (Å²) < 4.78 is 16.2. The Labute approximate surface area is 129 Å². The topological polar surface area (TPSA) is 61.8 Å². The molecule has 0 amide bonds. The average Bonchev–Trinajstić information content (AvgIpc) is 2.43. The zero-order valence-corrected chi connectivity index (χ0v) is 15.3. The standard InChI is InChI=1S/C15H30O5Si/c1-7-11-12-21(5,6)20-15(8-2,13(16)18-9-3)14(17)19-10-4/h7-12H2,1-6H3. The van der Waals surface area contributed by atoms with Gasteiger partial charge < -0.3 is 13.9 Å². The third-order valence-corrected chi connectivity index (χ3v) is 5.75. The number of carbonyl (C=O) groups is 2. The van der Waals surface area contributed by atoms with Gasteiger partial charge in [-0.05, 0) is 39.4 Å². The molecule has 5 nitrogen and oxygen atoms in total. The van der Waals surface area contributed by atoms with Gasteiger partial charge in [0.1, 0.15) is 0 Å². The van der Waals surface area contributed by atoms with Crippen LogP contribution in [0.5, 0.6) is 0 Å². The zero-order chi connectivity index (χ0) is 16.5. The number of ether oxygens (including phenoxy) is 2. The Hall–Kier alpha value is -0.883. The molecule has 0 fully saturated rings. The summed E-state index contributed by atoms with van der Waals surface area (Å²) in [5.74, 6) is -1.27. The van der Waals surface area contributed by atoms with E-state index in [2.05, 4.69) is 6.92 Å². The van der Waals surface area contributed by atoms with E-state index in [1.54, 1.807) is 20.8 Å². The Kier molecular flexibility index (Phi) is 8.81. The monoisotopic (exact) mass is 318 g/mol. The Morgan fingerprint density at radius 1 is 0.952 bits per heavy atom. The molecule has 0 saturated heterocycles. The Balaban J connectivity index is 5.36. The lowest BCUT2D eigenvalue weighted by atomic mass is 10.0. The van der Waals surface area contributed by atoms with Gasteiger partial charge in [0.05, 0.1) is 13.2 Å². The summed E-state index contributed by atoms with van der Waals surface area (Å²) in [4.78, 5) is 24.7. The lowest BCUT2D eigenvalue weighted by Crippen LogP contribution is -2.56. The Morgan fingerprint density at radius 2 is 1.43 bits per heavy atom. The van der Waals surface area contributed by atoms with Gasteiger partial charge in [0, 0.05) is 0 Å². The first-order valence-electron chi connectivity index (χ1n) is 7.84. The fourth-order valence-electron chi connectivity index (χ4n) is 2.15. The molecule has 21 heavy (non-hydrogen) atoms. The van der Waals surface area contributed by atoms with Gasteiger partial charge in [0.15, 0.2) is 8.32 Å². The van der Waals surface area contributed by atoms with E-state index in [0.29, 0.717) is 0 Å². The molecule has 0 saturated carbocycles. The molecule has 0 N–H and O–H groups in total. The Morgan fingerprint density at radius 3 is 1.76 bits per heavy atom. The molecular formula is C15H30O5Si. The predicted molar refractivity (Wildman–Crippen MR) is 84.6 cm³/mol. The quantitative estimate of drug-likeness (QED) is 0.351. The molecule has 0 spiro atoms. The average molecular weight is 318 g/mol. The largest absolute Gasteiger partial charge is 0.463 e. The molecule has 0 rings (SSSR count). The summed E-state index contributed by atoms with van der Waals surface area (Å²) in [7, 11) is -2.17. The third kappa shape index (κ3) is 5.78. The van der Waals surface area contributed by atoms with Crippen LogP contribution >= 0.6 is 0 Å². The van der Waals surface area contributed by atoms with E-state index in [4.69, 9.17) is 13.9 Å². The van der Waals surface area contributed by atoms with Crippen molar-refractivity contribution in [1.29, 1.82) is 0 Å². The van der Waals surface area contributed by atoms with E-state index < -0.39 is 25.9 Å². The van der Waals surface area contributed by atoms with Crippen LogP contribution in [0.2, 0.25) is 19.1 Å². The molecule has 0 atom stereocenters. The fraction of sp³-hybridized carbons (Fsp3) is 0.867. The second-order valence-corrected chi connectivity index (χ2v) is 9.81. The van der Waals surface area contributed by atoms with Crippen LogP contribution < -0.4 is 0 Å². The maximum Gasteiger partial charge on any atom is 0.349 e. The lowest BCUT2D eigenvalue weighted by Gasteiger charge is -2.35. The summed E-state index contributed by atoms with van der Waals surface area (Å²) in [6, 6.07) is 0.893. The van der Waals surface area contributed by atoms with Crippen molar-refractivity contribution in [3.63, 3.8) is 0 Å². The molecule has 0 aliphatic carbocycles. The normalized spacial score (nSPS) is 12.1. The molecule has 0 heterocycles. The van der Waals surface area contributed by atoms with E-state index in [1.165, 1.54) is 0 Å². The maximum atomic E-state index is 12.3. The van der Waals surface area contributed by atoms with Gasteiger partial charge in [0.2, 0.25) is 0 Å². The molecule has 0 unspecified atom stereocenters. The number of unbranched alkanes of at least 4 members (excludes halogenated alkanes) is 1. The van der Waals surface area contributed by atoms with Crippen molar-refractivity contribution in [1.82, 2.24) is 0 Å². The summed E-state index contributed by atoms with van der Waals surface area (Å²) >= 11 is 0. The van der Waals surface area contributed by atoms with Gasteiger partial charge in [-0.25, -0.2) is 9.59 Å². The van der Waals surface area contributed by atoms with Crippen molar-refractivity contribution >= 4 is 20.3 Å². The zero-order valence-electron chi connectivity index (χ0n) is 14.3. The highest BCUT2D eigenvalue weighted by molar-refractivity contribution is 6.71. The summed E-state index contributed by atoms with van der Waals surface area (Å²) in [5.41, 5.74) is -1.62. The van der Waals surface area contributed by atoms with Crippen molar-refractivity contribution in [2.24, 2.45) is 0 Å². The fourth-order valence-corrected chi connectivity index (χ4v) is 4.71. The second-order valence-electron chi connectivity index (χ2n) is 5.59. The van der Waals surface area contributed by atoms with E-state index in [0.717, 1.165) is 18.9 Å². The molecule has 0 aromatic rings. The number of hydrogen-bond acceptors (Lipinski definition) is 5. The summed E-state index contributed by atoms with van der Waals surface area (Å²) in [6.07, 6.45) is 2.29. The minimum atomic E-state index is -2.17. The predicted octanol–water partition coefficient (Wildman–Crippen LogP) is 3.28. The number of esters is 2. The smallest absolute Gasteiger partial charge is 0.349 e. The van der Waals surface area contributed by atoms with Crippen LogP contribution in [0.1, 0.15) is 47.0 Å². The van der Waals surface area contributed by atoms with E-state index in [-0.39, 0.29) is 19.6 Å². The highest BCUT2D eigenvalue weighted by Crippen LogP contribution is 2.28. The molecule has 0 radical (unpaired) electrons. The van der Waals surface area contributed by atoms with Gasteiger partial charge >= 0.3 is 11.9 Å².